The monoisotopic (exact) mass is 208 g/mol. The second kappa shape index (κ2) is 6.03. The molecule has 0 aromatic heterocycles. The molecule has 1 aromatic rings. The molecule has 15 heavy (non-hydrogen) atoms. The summed E-state index contributed by atoms with van der Waals surface area (Å²) in [5.41, 5.74) is 1.01. The average Bonchev–Trinajstić information content (AvgIpc) is 2.18. The molecule has 0 aliphatic rings. The SMILES string of the molecule is CNCC(=O)NCCc1cccc(O)c1. The number of aromatic hydroxyl groups is 1. The lowest BCUT2D eigenvalue weighted by Gasteiger charge is -2.04. The fourth-order valence-corrected chi connectivity index (χ4v) is 1.28. The predicted octanol–water partition coefficient (Wildman–Crippen LogP) is 0.270. The Bertz CT molecular complexity index is 326. The van der Waals surface area contributed by atoms with Gasteiger partial charge < -0.3 is 15.7 Å². The van der Waals surface area contributed by atoms with Crippen molar-refractivity contribution in [3.8, 4) is 5.75 Å². The molecule has 0 aliphatic carbocycles. The summed E-state index contributed by atoms with van der Waals surface area (Å²) in [5, 5.41) is 14.8. The minimum atomic E-state index is -0.0161. The number of hydrogen-bond donors (Lipinski definition) is 3. The van der Waals surface area contributed by atoms with Crippen molar-refractivity contribution in [3.63, 3.8) is 0 Å². The molecule has 1 rings (SSSR count). The first kappa shape index (κ1) is 11.5. The van der Waals surface area contributed by atoms with E-state index in [9.17, 15) is 9.90 Å². The first-order valence-corrected chi connectivity index (χ1v) is 4.91. The highest BCUT2D eigenvalue weighted by molar-refractivity contribution is 5.77. The number of phenols is 1. The quantitative estimate of drug-likeness (QED) is 0.651. The molecule has 0 unspecified atom stereocenters. The second-order valence-corrected chi connectivity index (χ2v) is 3.30. The molecule has 4 nitrogen and oxygen atoms in total. The molecule has 82 valence electrons. The highest BCUT2D eigenvalue weighted by atomic mass is 16.3. The Kier molecular flexibility index (Phi) is 4.63. The predicted molar refractivity (Wildman–Crippen MR) is 58.7 cm³/mol. The number of phenolic OH excluding ortho intramolecular Hbond substituents is 1. The van der Waals surface area contributed by atoms with Gasteiger partial charge in [0.2, 0.25) is 5.91 Å². The summed E-state index contributed by atoms with van der Waals surface area (Å²) in [6, 6.07) is 7.04. The van der Waals surface area contributed by atoms with E-state index < -0.39 is 0 Å². The van der Waals surface area contributed by atoms with E-state index in [2.05, 4.69) is 10.6 Å². The Morgan fingerprint density at radius 1 is 1.47 bits per heavy atom. The van der Waals surface area contributed by atoms with Crippen LogP contribution in [-0.2, 0) is 11.2 Å². The van der Waals surface area contributed by atoms with E-state index in [1.807, 2.05) is 6.07 Å². The molecule has 1 aromatic carbocycles. The summed E-state index contributed by atoms with van der Waals surface area (Å²) in [6.45, 7) is 0.921. The molecule has 1 amide bonds. The van der Waals surface area contributed by atoms with Crippen LogP contribution in [-0.4, -0.2) is 31.2 Å². The van der Waals surface area contributed by atoms with E-state index in [1.165, 1.54) is 0 Å². The van der Waals surface area contributed by atoms with Crippen LogP contribution in [0, 0.1) is 0 Å². The van der Waals surface area contributed by atoms with E-state index in [-0.39, 0.29) is 11.7 Å². The van der Waals surface area contributed by atoms with Gasteiger partial charge in [-0.05, 0) is 31.2 Å². The molecular weight excluding hydrogens is 192 g/mol. The van der Waals surface area contributed by atoms with Crippen molar-refractivity contribution in [1.29, 1.82) is 0 Å². The fraction of sp³-hybridized carbons (Fsp3) is 0.364. The van der Waals surface area contributed by atoms with Crippen LogP contribution < -0.4 is 10.6 Å². The summed E-state index contributed by atoms with van der Waals surface area (Å²) in [7, 11) is 1.73. The van der Waals surface area contributed by atoms with Crippen LogP contribution in [0.5, 0.6) is 5.75 Å². The third kappa shape index (κ3) is 4.46. The van der Waals surface area contributed by atoms with Crippen molar-refractivity contribution in [3.05, 3.63) is 29.8 Å². The maximum absolute atomic E-state index is 11.1. The number of amides is 1. The average molecular weight is 208 g/mol. The number of rotatable bonds is 5. The van der Waals surface area contributed by atoms with Gasteiger partial charge in [-0.1, -0.05) is 12.1 Å². The molecule has 0 bridgehead atoms. The largest absolute Gasteiger partial charge is 0.508 e. The molecule has 0 fully saturated rings. The highest BCUT2D eigenvalue weighted by Crippen LogP contribution is 2.10. The maximum Gasteiger partial charge on any atom is 0.233 e. The van der Waals surface area contributed by atoms with Gasteiger partial charge in [-0.15, -0.1) is 0 Å². The zero-order chi connectivity index (χ0) is 11.1. The van der Waals surface area contributed by atoms with Crippen LogP contribution in [0.3, 0.4) is 0 Å². The molecule has 4 heteroatoms. The topological polar surface area (TPSA) is 61.4 Å². The van der Waals surface area contributed by atoms with E-state index >= 15 is 0 Å². The molecular formula is C11H16N2O2. The highest BCUT2D eigenvalue weighted by Gasteiger charge is 1.98. The molecule has 0 saturated carbocycles. The Balaban J connectivity index is 2.28. The number of likely N-dealkylation sites (N-methyl/N-ethyl adjacent to an activating group) is 1. The van der Waals surface area contributed by atoms with Gasteiger partial charge >= 0.3 is 0 Å². The van der Waals surface area contributed by atoms with Crippen molar-refractivity contribution in [2.75, 3.05) is 20.1 Å². The number of hydrogen-bond acceptors (Lipinski definition) is 3. The molecule has 0 atom stereocenters. The van der Waals surface area contributed by atoms with Gasteiger partial charge in [0.15, 0.2) is 0 Å². The van der Waals surface area contributed by atoms with Crippen LogP contribution in [0.1, 0.15) is 5.56 Å². The van der Waals surface area contributed by atoms with Crippen molar-refractivity contribution >= 4 is 5.91 Å². The Morgan fingerprint density at radius 3 is 2.93 bits per heavy atom. The number of carbonyl (C=O) groups is 1. The number of nitrogens with one attached hydrogen (secondary N) is 2. The summed E-state index contributed by atoms with van der Waals surface area (Å²) < 4.78 is 0. The van der Waals surface area contributed by atoms with Crippen molar-refractivity contribution < 1.29 is 9.90 Å². The molecule has 0 heterocycles. The van der Waals surface area contributed by atoms with E-state index in [0.29, 0.717) is 13.1 Å². The van der Waals surface area contributed by atoms with Crippen LogP contribution in [0.4, 0.5) is 0 Å². The van der Waals surface area contributed by atoms with Crippen LogP contribution in [0.15, 0.2) is 24.3 Å². The standard InChI is InChI=1S/C11H16N2O2/c1-12-8-11(15)13-6-5-9-3-2-4-10(14)7-9/h2-4,7,12,14H,5-6,8H2,1H3,(H,13,15). The van der Waals surface area contributed by atoms with Gasteiger partial charge in [0.1, 0.15) is 5.75 Å². The lowest BCUT2D eigenvalue weighted by molar-refractivity contribution is -0.120. The molecule has 0 radical (unpaired) electrons. The second-order valence-electron chi connectivity index (χ2n) is 3.30. The van der Waals surface area contributed by atoms with E-state index in [0.717, 1.165) is 12.0 Å². The van der Waals surface area contributed by atoms with Crippen LogP contribution >= 0.6 is 0 Å². The molecule has 3 N–H and O–H groups in total. The maximum atomic E-state index is 11.1. The minimum Gasteiger partial charge on any atom is -0.508 e. The van der Waals surface area contributed by atoms with Crippen LogP contribution in [0.25, 0.3) is 0 Å². The third-order valence-corrected chi connectivity index (χ3v) is 1.98. The first-order valence-electron chi connectivity index (χ1n) is 4.91. The van der Waals surface area contributed by atoms with Gasteiger partial charge in [-0.3, -0.25) is 4.79 Å². The molecule has 0 aliphatic heterocycles. The smallest absolute Gasteiger partial charge is 0.233 e. The zero-order valence-electron chi connectivity index (χ0n) is 8.79. The lowest BCUT2D eigenvalue weighted by Crippen LogP contribution is -2.33. The molecule has 0 spiro atoms. The van der Waals surface area contributed by atoms with Crippen molar-refractivity contribution in [2.45, 2.75) is 6.42 Å². The van der Waals surface area contributed by atoms with Crippen LogP contribution in [0.2, 0.25) is 0 Å². The summed E-state index contributed by atoms with van der Waals surface area (Å²) >= 11 is 0. The van der Waals surface area contributed by atoms with Crippen molar-refractivity contribution in [2.24, 2.45) is 0 Å². The third-order valence-electron chi connectivity index (χ3n) is 1.98. The zero-order valence-corrected chi connectivity index (χ0v) is 8.79. The van der Waals surface area contributed by atoms with Gasteiger partial charge in [-0.25, -0.2) is 0 Å². The minimum absolute atomic E-state index is 0.0161. The summed E-state index contributed by atoms with van der Waals surface area (Å²) in [5.74, 6) is 0.242. The Labute approximate surface area is 89.3 Å². The van der Waals surface area contributed by atoms with Gasteiger partial charge in [0.25, 0.3) is 0 Å². The summed E-state index contributed by atoms with van der Waals surface area (Å²) in [4.78, 5) is 11.1. The van der Waals surface area contributed by atoms with E-state index in [1.54, 1.807) is 25.2 Å². The van der Waals surface area contributed by atoms with Gasteiger partial charge in [0, 0.05) is 6.54 Å². The first-order chi connectivity index (χ1) is 7.22. The normalized spacial score (nSPS) is 9.93. The fourth-order valence-electron chi connectivity index (χ4n) is 1.28. The summed E-state index contributed by atoms with van der Waals surface area (Å²) in [6.07, 6.45) is 0.726. The Morgan fingerprint density at radius 2 is 2.27 bits per heavy atom. The van der Waals surface area contributed by atoms with Crippen molar-refractivity contribution in [1.82, 2.24) is 10.6 Å². The van der Waals surface area contributed by atoms with Gasteiger partial charge in [0.05, 0.1) is 6.54 Å². The Hall–Kier alpha value is -1.55. The molecule has 0 saturated heterocycles. The number of carbonyl (C=O) groups excluding carboxylic acids is 1. The van der Waals surface area contributed by atoms with Gasteiger partial charge in [-0.2, -0.15) is 0 Å². The lowest BCUT2D eigenvalue weighted by atomic mass is 10.1. The number of benzene rings is 1. The van der Waals surface area contributed by atoms with E-state index in [4.69, 9.17) is 0 Å².